The predicted molar refractivity (Wildman–Crippen MR) is 119 cm³/mol. The first-order chi connectivity index (χ1) is 13.9. The Morgan fingerprint density at radius 1 is 1.03 bits per heavy atom. The third kappa shape index (κ3) is 5.09. The minimum absolute atomic E-state index is 0.0355. The lowest BCUT2D eigenvalue weighted by Crippen LogP contribution is -2.49. The molecule has 1 aliphatic rings. The zero-order valence-corrected chi connectivity index (χ0v) is 18.5. The van der Waals surface area contributed by atoms with Crippen LogP contribution in [-0.2, 0) is 4.79 Å². The summed E-state index contributed by atoms with van der Waals surface area (Å²) in [5.74, 6) is 0.548. The third-order valence-electron chi connectivity index (χ3n) is 4.98. The number of carbonyl (C=O) groups excluding carboxylic acids is 2. The molecule has 0 radical (unpaired) electrons. The van der Waals surface area contributed by atoms with Crippen molar-refractivity contribution in [2.45, 2.75) is 13.8 Å². The Bertz CT molecular complexity index is 875. The van der Waals surface area contributed by atoms with Crippen LogP contribution in [0, 0.1) is 5.92 Å². The van der Waals surface area contributed by atoms with Gasteiger partial charge in [-0.05, 0) is 42.5 Å². The van der Waals surface area contributed by atoms with Crippen LogP contribution >= 0.6 is 15.9 Å². The van der Waals surface area contributed by atoms with Crippen molar-refractivity contribution in [3.8, 4) is 5.75 Å². The van der Waals surface area contributed by atoms with Crippen molar-refractivity contribution < 1.29 is 14.3 Å². The van der Waals surface area contributed by atoms with E-state index in [1.807, 2.05) is 49.1 Å². The van der Waals surface area contributed by atoms with Crippen LogP contribution in [0.4, 0.5) is 11.4 Å². The topological polar surface area (TPSA) is 61.9 Å². The Kier molecular flexibility index (Phi) is 6.79. The molecule has 1 aliphatic heterocycles. The molecule has 0 spiro atoms. The fourth-order valence-corrected chi connectivity index (χ4v) is 3.72. The number of carbonyl (C=O) groups is 2. The molecule has 0 unspecified atom stereocenters. The summed E-state index contributed by atoms with van der Waals surface area (Å²) in [4.78, 5) is 28.9. The number of methoxy groups -OCH3 is 1. The molecule has 0 atom stereocenters. The molecule has 0 bridgehead atoms. The molecule has 6 nitrogen and oxygen atoms in total. The number of piperazine rings is 1. The standard InChI is InChI=1S/C22H26BrN3O3/c1-15(2)22(28)26-12-10-25(11-13-26)18-7-5-17(6-8-18)24-21(27)19-14-16(23)4-9-20(19)29-3/h4-9,14-15H,10-13H2,1-3H3,(H,24,27). The summed E-state index contributed by atoms with van der Waals surface area (Å²) in [5, 5.41) is 2.91. The van der Waals surface area contributed by atoms with Crippen LogP contribution in [0.5, 0.6) is 5.75 Å². The zero-order valence-electron chi connectivity index (χ0n) is 16.9. The molecule has 0 aromatic heterocycles. The second kappa shape index (κ2) is 9.31. The molecule has 1 N–H and O–H groups in total. The molecule has 0 saturated carbocycles. The maximum Gasteiger partial charge on any atom is 0.259 e. The SMILES string of the molecule is COc1ccc(Br)cc1C(=O)Nc1ccc(N2CCN(C(=O)C(C)C)CC2)cc1. The van der Waals surface area contributed by atoms with E-state index in [1.165, 1.54) is 0 Å². The molecular formula is C22H26BrN3O3. The van der Waals surface area contributed by atoms with Gasteiger partial charge in [-0.2, -0.15) is 0 Å². The van der Waals surface area contributed by atoms with Gasteiger partial charge in [0.1, 0.15) is 5.75 Å². The number of halogens is 1. The number of anilines is 2. The third-order valence-corrected chi connectivity index (χ3v) is 5.47. The average Bonchev–Trinajstić information content (AvgIpc) is 2.73. The number of benzene rings is 2. The first-order valence-electron chi connectivity index (χ1n) is 9.67. The van der Waals surface area contributed by atoms with Crippen LogP contribution in [0.15, 0.2) is 46.9 Å². The lowest BCUT2D eigenvalue weighted by molar-refractivity contribution is -0.134. The highest BCUT2D eigenvalue weighted by Gasteiger charge is 2.23. The smallest absolute Gasteiger partial charge is 0.259 e. The summed E-state index contributed by atoms with van der Waals surface area (Å²) in [6.45, 7) is 6.95. The fourth-order valence-electron chi connectivity index (χ4n) is 3.36. The summed E-state index contributed by atoms with van der Waals surface area (Å²) in [6.07, 6.45) is 0. The Morgan fingerprint density at radius 2 is 1.69 bits per heavy atom. The predicted octanol–water partition coefficient (Wildman–Crippen LogP) is 4.01. The van der Waals surface area contributed by atoms with Gasteiger partial charge in [0, 0.05) is 47.9 Å². The molecule has 1 saturated heterocycles. The van der Waals surface area contributed by atoms with E-state index in [9.17, 15) is 9.59 Å². The van der Waals surface area contributed by atoms with Crippen molar-refractivity contribution in [1.29, 1.82) is 0 Å². The minimum atomic E-state index is -0.225. The van der Waals surface area contributed by atoms with Crippen LogP contribution in [-0.4, -0.2) is 50.0 Å². The van der Waals surface area contributed by atoms with E-state index < -0.39 is 0 Å². The van der Waals surface area contributed by atoms with Crippen molar-refractivity contribution in [2.75, 3.05) is 43.5 Å². The maximum atomic E-state index is 12.6. The summed E-state index contributed by atoms with van der Waals surface area (Å²) >= 11 is 3.39. The Labute approximate surface area is 180 Å². The van der Waals surface area contributed by atoms with E-state index in [0.717, 1.165) is 42.0 Å². The number of amides is 2. The van der Waals surface area contributed by atoms with Crippen LogP contribution in [0.25, 0.3) is 0 Å². The quantitative estimate of drug-likeness (QED) is 0.733. The summed E-state index contributed by atoms with van der Waals surface area (Å²) in [7, 11) is 1.54. The molecule has 29 heavy (non-hydrogen) atoms. The van der Waals surface area contributed by atoms with Crippen molar-refractivity contribution in [3.63, 3.8) is 0 Å². The van der Waals surface area contributed by atoms with Gasteiger partial charge in [-0.25, -0.2) is 0 Å². The van der Waals surface area contributed by atoms with E-state index in [4.69, 9.17) is 4.74 Å². The largest absolute Gasteiger partial charge is 0.496 e. The van der Waals surface area contributed by atoms with Crippen molar-refractivity contribution >= 4 is 39.1 Å². The van der Waals surface area contributed by atoms with E-state index in [1.54, 1.807) is 19.2 Å². The van der Waals surface area contributed by atoms with Crippen LogP contribution in [0.1, 0.15) is 24.2 Å². The number of ether oxygens (including phenoxy) is 1. The van der Waals surface area contributed by atoms with Gasteiger partial charge in [0.25, 0.3) is 5.91 Å². The second-order valence-corrected chi connectivity index (χ2v) is 8.23. The number of hydrogen-bond donors (Lipinski definition) is 1. The van der Waals surface area contributed by atoms with Gasteiger partial charge < -0.3 is 19.9 Å². The normalized spacial score (nSPS) is 14.1. The minimum Gasteiger partial charge on any atom is -0.496 e. The van der Waals surface area contributed by atoms with Crippen LogP contribution in [0.2, 0.25) is 0 Å². The molecule has 1 heterocycles. The van der Waals surface area contributed by atoms with E-state index in [2.05, 4.69) is 26.1 Å². The van der Waals surface area contributed by atoms with Crippen molar-refractivity contribution in [2.24, 2.45) is 5.92 Å². The number of hydrogen-bond acceptors (Lipinski definition) is 4. The Morgan fingerprint density at radius 3 is 2.28 bits per heavy atom. The van der Waals surface area contributed by atoms with Gasteiger partial charge in [0.2, 0.25) is 5.91 Å². The number of rotatable bonds is 5. The molecule has 2 aromatic rings. The average molecular weight is 460 g/mol. The molecule has 7 heteroatoms. The highest BCUT2D eigenvalue weighted by Crippen LogP contribution is 2.25. The first kappa shape index (κ1) is 21.2. The van der Waals surface area contributed by atoms with Gasteiger partial charge >= 0.3 is 0 Å². The van der Waals surface area contributed by atoms with Crippen LogP contribution < -0.4 is 15.0 Å². The lowest BCUT2D eigenvalue weighted by Gasteiger charge is -2.37. The number of nitrogens with zero attached hydrogens (tertiary/aromatic N) is 2. The van der Waals surface area contributed by atoms with E-state index in [-0.39, 0.29) is 17.7 Å². The molecular weight excluding hydrogens is 434 g/mol. The molecule has 0 aliphatic carbocycles. The molecule has 2 aromatic carbocycles. The summed E-state index contributed by atoms with van der Waals surface area (Å²) in [6, 6.07) is 13.1. The van der Waals surface area contributed by atoms with Crippen LogP contribution in [0.3, 0.4) is 0 Å². The lowest BCUT2D eigenvalue weighted by atomic mass is 10.1. The monoisotopic (exact) mass is 459 g/mol. The number of nitrogens with one attached hydrogen (secondary N) is 1. The summed E-state index contributed by atoms with van der Waals surface area (Å²) in [5.41, 5.74) is 2.27. The highest BCUT2D eigenvalue weighted by atomic mass is 79.9. The van der Waals surface area contributed by atoms with Gasteiger partial charge in [-0.15, -0.1) is 0 Å². The van der Waals surface area contributed by atoms with Gasteiger partial charge in [-0.3, -0.25) is 9.59 Å². The van der Waals surface area contributed by atoms with E-state index in [0.29, 0.717) is 11.3 Å². The van der Waals surface area contributed by atoms with E-state index >= 15 is 0 Å². The Balaban J connectivity index is 1.62. The fraction of sp³-hybridized carbons (Fsp3) is 0.364. The second-order valence-electron chi connectivity index (χ2n) is 7.31. The molecule has 3 rings (SSSR count). The van der Waals surface area contributed by atoms with Gasteiger partial charge in [0.15, 0.2) is 0 Å². The van der Waals surface area contributed by atoms with Gasteiger partial charge in [0.05, 0.1) is 12.7 Å². The zero-order chi connectivity index (χ0) is 21.0. The first-order valence-corrected chi connectivity index (χ1v) is 10.5. The van der Waals surface area contributed by atoms with Crippen molar-refractivity contribution in [1.82, 2.24) is 4.90 Å². The summed E-state index contributed by atoms with van der Waals surface area (Å²) < 4.78 is 6.10. The van der Waals surface area contributed by atoms with Gasteiger partial charge in [-0.1, -0.05) is 29.8 Å². The molecule has 154 valence electrons. The Hall–Kier alpha value is -2.54. The van der Waals surface area contributed by atoms with Crippen molar-refractivity contribution in [3.05, 3.63) is 52.5 Å². The highest BCUT2D eigenvalue weighted by molar-refractivity contribution is 9.10. The molecule has 1 fully saturated rings. The molecule has 2 amide bonds. The maximum absolute atomic E-state index is 12.6.